The third kappa shape index (κ3) is 4.55. The second-order valence-electron chi connectivity index (χ2n) is 4.99. The Hall–Kier alpha value is -1.51. The van der Waals surface area contributed by atoms with Crippen LogP contribution in [0.2, 0.25) is 0 Å². The Morgan fingerprint density at radius 1 is 1.40 bits per heavy atom. The van der Waals surface area contributed by atoms with E-state index in [9.17, 15) is 17.6 Å². The van der Waals surface area contributed by atoms with Crippen LogP contribution in [-0.2, 0) is 14.8 Å². The van der Waals surface area contributed by atoms with Gasteiger partial charge in [0, 0.05) is 12.7 Å². The number of hydrogen-bond acceptors (Lipinski definition) is 4. The lowest BCUT2D eigenvalue weighted by Crippen LogP contribution is -2.46. The van der Waals surface area contributed by atoms with Gasteiger partial charge in [0.15, 0.2) is 0 Å². The van der Waals surface area contributed by atoms with E-state index in [1.165, 1.54) is 7.11 Å². The van der Waals surface area contributed by atoms with Gasteiger partial charge in [0.1, 0.15) is 5.82 Å². The molecule has 0 bridgehead atoms. The van der Waals surface area contributed by atoms with Gasteiger partial charge in [-0.25, -0.2) is 17.9 Å². The fraction of sp³-hybridized carbons (Fsp3) is 0.417. The minimum Gasteiger partial charge on any atom is -0.382 e. The maximum absolute atomic E-state index is 13.4. The smallest absolute Gasteiger partial charge is 0.251 e. The molecule has 112 valence electrons. The molecule has 1 amide bonds. The van der Waals surface area contributed by atoms with Crippen LogP contribution in [0.1, 0.15) is 24.2 Å². The second-order valence-corrected chi connectivity index (χ2v) is 6.55. The summed E-state index contributed by atoms with van der Waals surface area (Å²) in [6.45, 7) is 3.68. The summed E-state index contributed by atoms with van der Waals surface area (Å²) in [7, 11) is -2.60. The largest absolute Gasteiger partial charge is 0.382 e. The highest BCUT2D eigenvalue weighted by Crippen LogP contribution is 2.14. The summed E-state index contributed by atoms with van der Waals surface area (Å²) in [4.78, 5) is 11.5. The minimum atomic E-state index is -4.08. The van der Waals surface area contributed by atoms with Crippen LogP contribution in [-0.4, -0.2) is 33.6 Å². The Morgan fingerprint density at radius 3 is 2.50 bits per heavy atom. The summed E-state index contributed by atoms with van der Waals surface area (Å²) in [5.41, 5.74) is -0.807. The van der Waals surface area contributed by atoms with Gasteiger partial charge < -0.3 is 10.1 Å². The molecule has 0 aliphatic carbocycles. The van der Waals surface area contributed by atoms with Gasteiger partial charge in [-0.1, -0.05) is 0 Å². The van der Waals surface area contributed by atoms with E-state index in [0.717, 1.165) is 18.2 Å². The maximum atomic E-state index is 13.4. The number of primary sulfonamides is 1. The number of ether oxygens (including phenoxy) is 1. The molecule has 0 unspecified atom stereocenters. The monoisotopic (exact) mass is 304 g/mol. The van der Waals surface area contributed by atoms with E-state index in [4.69, 9.17) is 9.88 Å². The van der Waals surface area contributed by atoms with E-state index < -0.39 is 32.2 Å². The van der Waals surface area contributed by atoms with E-state index in [1.807, 2.05) is 0 Å². The average molecular weight is 304 g/mol. The lowest BCUT2D eigenvalue weighted by Gasteiger charge is -2.25. The molecule has 0 radical (unpaired) electrons. The van der Waals surface area contributed by atoms with Crippen molar-refractivity contribution in [2.24, 2.45) is 5.14 Å². The van der Waals surface area contributed by atoms with Gasteiger partial charge in [0.2, 0.25) is 10.0 Å². The molecule has 0 spiro atoms. The number of nitrogens with two attached hydrogens (primary N) is 1. The van der Waals surface area contributed by atoms with Crippen LogP contribution in [0.4, 0.5) is 4.39 Å². The highest BCUT2D eigenvalue weighted by Gasteiger charge is 2.22. The zero-order valence-corrected chi connectivity index (χ0v) is 12.3. The summed E-state index contributed by atoms with van der Waals surface area (Å²) < 4.78 is 40.7. The standard InChI is InChI=1S/C12H17FN2O4S/c1-12(2,7-19-3)15-11(16)8-4-9(13)6-10(5-8)20(14,17)18/h4-6H,7H2,1-3H3,(H,15,16)(H2,14,17,18). The summed E-state index contributed by atoms with van der Waals surface area (Å²) >= 11 is 0. The number of methoxy groups -OCH3 is 1. The zero-order valence-electron chi connectivity index (χ0n) is 11.4. The molecule has 8 heteroatoms. The fourth-order valence-electron chi connectivity index (χ4n) is 1.63. The molecule has 0 fully saturated rings. The van der Waals surface area contributed by atoms with Gasteiger partial charge in [-0.15, -0.1) is 0 Å². The third-order valence-electron chi connectivity index (χ3n) is 2.42. The number of carbonyl (C=O) groups excluding carboxylic acids is 1. The average Bonchev–Trinajstić information content (AvgIpc) is 2.26. The number of amides is 1. The van der Waals surface area contributed by atoms with Gasteiger partial charge in [-0.05, 0) is 32.0 Å². The lowest BCUT2D eigenvalue weighted by atomic mass is 10.1. The molecular formula is C12H17FN2O4S. The zero-order chi connectivity index (χ0) is 15.6. The van der Waals surface area contributed by atoms with Crippen molar-refractivity contribution in [1.82, 2.24) is 5.32 Å². The molecule has 0 saturated heterocycles. The SMILES string of the molecule is COCC(C)(C)NC(=O)c1cc(F)cc(S(N)(=O)=O)c1. The first-order chi connectivity index (χ1) is 9.05. The molecular weight excluding hydrogens is 287 g/mol. The highest BCUT2D eigenvalue weighted by molar-refractivity contribution is 7.89. The molecule has 1 aromatic rings. The van der Waals surface area contributed by atoms with Crippen molar-refractivity contribution < 1.29 is 22.3 Å². The molecule has 1 aromatic carbocycles. The predicted molar refractivity (Wildman–Crippen MR) is 71.2 cm³/mol. The Kier molecular flexibility index (Phi) is 4.85. The van der Waals surface area contributed by atoms with Crippen LogP contribution in [0, 0.1) is 5.82 Å². The van der Waals surface area contributed by atoms with Gasteiger partial charge in [-0.3, -0.25) is 4.79 Å². The molecule has 20 heavy (non-hydrogen) atoms. The van der Waals surface area contributed by atoms with Crippen LogP contribution < -0.4 is 10.5 Å². The van der Waals surface area contributed by atoms with Crippen LogP contribution in [0.5, 0.6) is 0 Å². The summed E-state index contributed by atoms with van der Waals surface area (Å²) in [5, 5.41) is 7.54. The van der Waals surface area contributed by atoms with E-state index in [0.29, 0.717) is 0 Å². The number of benzene rings is 1. The van der Waals surface area contributed by atoms with Gasteiger partial charge >= 0.3 is 0 Å². The molecule has 0 heterocycles. The van der Waals surface area contributed by atoms with Crippen LogP contribution in [0.15, 0.2) is 23.1 Å². The molecule has 1 rings (SSSR count). The quantitative estimate of drug-likeness (QED) is 0.833. The molecule has 0 aromatic heterocycles. The van der Waals surface area contributed by atoms with Gasteiger partial charge in [0.05, 0.1) is 17.0 Å². The highest BCUT2D eigenvalue weighted by atomic mass is 32.2. The Morgan fingerprint density at radius 2 is 2.00 bits per heavy atom. The molecule has 0 aliphatic rings. The Bertz CT molecular complexity index is 614. The molecule has 6 nitrogen and oxygen atoms in total. The van der Waals surface area contributed by atoms with Crippen molar-refractivity contribution in [2.45, 2.75) is 24.3 Å². The van der Waals surface area contributed by atoms with Crippen LogP contribution in [0.3, 0.4) is 0 Å². The van der Waals surface area contributed by atoms with Crippen molar-refractivity contribution in [3.05, 3.63) is 29.6 Å². The molecule has 0 aliphatic heterocycles. The van der Waals surface area contributed by atoms with Crippen molar-refractivity contribution >= 4 is 15.9 Å². The first kappa shape index (κ1) is 16.5. The molecule has 3 N–H and O–H groups in total. The summed E-state index contributed by atoms with van der Waals surface area (Å²) in [6, 6.07) is 2.72. The maximum Gasteiger partial charge on any atom is 0.251 e. The van der Waals surface area contributed by atoms with Gasteiger partial charge in [0.25, 0.3) is 5.91 Å². The number of hydrogen-bond donors (Lipinski definition) is 2. The minimum absolute atomic E-state index is 0.127. The second kappa shape index (κ2) is 5.86. The number of nitrogens with one attached hydrogen (secondary N) is 1. The molecule has 0 atom stereocenters. The normalized spacial score (nSPS) is 12.2. The van der Waals surface area contributed by atoms with E-state index >= 15 is 0 Å². The lowest BCUT2D eigenvalue weighted by molar-refractivity contribution is 0.0819. The van der Waals surface area contributed by atoms with Crippen molar-refractivity contribution in [3.63, 3.8) is 0 Å². The molecule has 0 saturated carbocycles. The third-order valence-corrected chi connectivity index (χ3v) is 3.31. The predicted octanol–water partition coefficient (Wildman–Crippen LogP) is 0.628. The topological polar surface area (TPSA) is 98.5 Å². The first-order valence-electron chi connectivity index (χ1n) is 5.70. The number of sulfonamides is 1. The first-order valence-corrected chi connectivity index (χ1v) is 7.25. The van der Waals surface area contributed by atoms with Crippen LogP contribution >= 0.6 is 0 Å². The van der Waals surface area contributed by atoms with E-state index in [1.54, 1.807) is 13.8 Å². The summed E-state index contributed by atoms with van der Waals surface area (Å²) in [6.07, 6.45) is 0. The van der Waals surface area contributed by atoms with Crippen molar-refractivity contribution in [1.29, 1.82) is 0 Å². The number of carbonyl (C=O) groups is 1. The van der Waals surface area contributed by atoms with E-state index in [-0.39, 0.29) is 12.2 Å². The van der Waals surface area contributed by atoms with Crippen LogP contribution in [0.25, 0.3) is 0 Å². The van der Waals surface area contributed by atoms with Gasteiger partial charge in [-0.2, -0.15) is 0 Å². The van der Waals surface area contributed by atoms with Crippen molar-refractivity contribution in [2.75, 3.05) is 13.7 Å². The number of halogens is 1. The van der Waals surface area contributed by atoms with E-state index in [2.05, 4.69) is 5.32 Å². The summed E-state index contributed by atoms with van der Waals surface area (Å²) in [5.74, 6) is -1.47. The Balaban J connectivity index is 3.09. The van der Waals surface area contributed by atoms with Crippen molar-refractivity contribution in [3.8, 4) is 0 Å². The fourth-order valence-corrected chi connectivity index (χ4v) is 2.20. The number of rotatable bonds is 5. The Labute approximate surface area is 117 Å².